The molecule has 2 aromatic carbocycles. The molecule has 2 amide bonds. The van der Waals surface area contributed by atoms with Gasteiger partial charge in [0.1, 0.15) is 23.9 Å². The Balaban J connectivity index is 1.70. The Labute approximate surface area is 193 Å². The third kappa shape index (κ3) is 4.99. The van der Waals surface area contributed by atoms with Crippen molar-refractivity contribution < 1.29 is 14.3 Å². The fraction of sp³-hybridized carbons (Fsp3) is 0.440. The summed E-state index contributed by atoms with van der Waals surface area (Å²) < 4.78 is 7.00. The van der Waals surface area contributed by atoms with Gasteiger partial charge in [0.25, 0.3) is 0 Å². The fourth-order valence-electron chi connectivity index (χ4n) is 3.90. The molecular formula is C25H31N5O3. The molecule has 1 saturated carbocycles. The molecule has 0 saturated heterocycles. The van der Waals surface area contributed by atoms with E-state index in [4.69, 9.17) is 4.74 Å². The Hall–Kier alpha value is -3.42. The van der Waals surface area contributed by atoms with Gasteiger partial charge in [-0.1, -0.05) is 36.4 Å². The summed E-state index contributed by atoms with van der Waals surface area (Å²) in [5.74, 6) is 0.287. The first kappa shape index (κ1) is 22.8. The van der Waals surface area contributed by atoms with E-state index in [1.165, 1.54) is 0 Å². The second-order valence-corrected chi connectivity index (χ2v) is 9.17. The molecule has 8 heteroatoms. The van der Waals surface area contributed by atoms with Crippen molar-refractivity contribution in [3.63, 3.8) is 0 Å². The van der Waals surface area contributed by atoms with E-state index in [2.05, 4.69) is 15.6 Å². The quantitative estimate of drug-likeness (QED) is 0.540. The highest BCUT2D eigenvalue weighted by atomic mass is 16.5. The number of rotatable bonds is 9. The molecule has 33 heavy (non-hydrogen) atoms. The van der Waals surface area contributed by atoms with E-state index in [0.717, 1.165) is 35.9 Å². The maximum absolute atomic E-state index is 13.7. The second-order valence-electron chi connectivity index (χ2n) is 9.17. The molecule has 3 aromatic rings. The van der Waals surface area contributed by atoms with Gasteiger partial charge in [-0.3, -0.25) is 9.59 Å². The smallest absolute Gasteiger partial charge is 0.247 e. The van der Waals surface area contributed by atoms with E-state index in [9.17, 15) is 9.59 Å². The van der Waals surface area contributed by atoms with Crippen LogP contribution < -0.4 is 10.1 Å². The number of hydrogen-bond donors (Lipinski definition) is 1. The minimum absolute atomic E-state index is 0.0129. The van der Waals surface area contributed by atoms with Gasteiger partial charge < -0.3 is 15.0 Å². The Morgan fingerprint density at radius 3 is 2.67 bits per heavy atom. The first-order valence-corrected chi connectivity index (χ1v) is 11.4. The van der Waals surface area contributed by atoms with Crippen LogP contribution in [0.2, 0.25) is 0 Å². The molecule has 0 radical (unpaired) electrons. The number of nitrogens with zero attached hydrogens (tertiary/aromatic N) is 4. The molecule has 0 aliphatic heterocycles. The van der Waals surface area contributed by atoms with E-state index >= 15 is 0 Å². The van der Waals surface area contributed by atoms with Crippen molar-refractivity contribution in [2.24, 2.45) is 0 Å². The number of nitrogens with one attached hydrogen (secondary N) is 1. The number of fused-ring (bicyclic) bond motifs is 1. The normalized spacial score (nSPS) is 14.7. The van der Waals surface area contributed by atoms with Gasteiger partial charge in [0.05, 0.1) is 12.6 Å². The van der Waals surface area contributed by atoms with Crippen molar-refractivity contribution in [3.05, 3.63) is 54.1 Å². The van der Waals surface area contributed by atoms with Crippen LogP contribution in [0.15, 0.2) is 48.5 Å². The maximum atomic E-state index is 13.7. The van der Waals surface area contributed by atoms with Crippen molar-refractivity contribution in [2.75, 3.05) is 7.11 Å². The third-order valence-corrected chi connectivity index (χ3v) is 6.22. The lowest BCUT2D eigenvalue weighted by molar-refractivity contribution is -0.143. The highest BCUT2D eigenvalue weighted by Gasteiger charge is 2.42. The van der Waals surface area contributed by atoms with Crippen molar-refractivity contribution >= 4 is 22.8 Å². The number of carbonyl (C=O) groups is 2. The minimum atomic E-state index is -0.763. The Morgan fingerprint density at radius 1 is 1.21 bits per heavy atom. The molecule has 4 rings (SSSR count). The van der Waals surface area contributed by atoms with E-state index in [0.29, 0.717) is 5.75 Å². The molecule has 8 nitrogen and oxygen atoms in total. The highest BCUT2D eigenvalue weighted by Crippen LogP contribution is 2.36. The summed E-state index contributed by atoms with van der Waals surface area (Å²) in [7, 11) is 1.59. The largest absolute Gasteiger partial charge is 0.497 e. The van der Waals surface area contributed by atoms with E-state index < -0.39 is 11.6 Å². The van der Waals surface area contributed by atoms with Gasteiger partial charge in [0.2, 0.25) is 11.8 Å². The summed E-state index contributed by atoms with van der Waals surface area (Å²) in [5.41, 5.74) is 1.85. The topological polar surface area (TPSA) is 89.4 Å². The van der Waals surface area contributed by atoms with Crippen LogP contribution in [0.1, 0.15) is 51.6 Å². The number of hydrogen-bond acceptors (Lipinski definition) is 5. The first-order valence-electron chi connectivity index (χ1n) is 11.4. The van der Waals surface area contributed by atoms with Crippen molar-refractivity contribution in [1.29, 1.82) is 0 Å². The summed E-state index contributed by atoms with van der Waals surface area (Å²) in [4.78, 5) is 29.0. The van der Waals surface area contributed by atoms with Crippen molar-refractivity contribution in [1.82, 2.24) is 25.2 Å². The van der Waals surface area contributed by atoms with Crippen molar-refractivity contribution in [3.8, 4) is 5.75 Å². The summed E-state index contributed by atoms with van der Waals surface area (Å²) in [6, 6.07) is 14.2. The zero-order valence-corrected chi connectivity index (χ0v) is 19.6. The molecular weight excluding hydrogens is 418 g/mol. The van der Waals surface area contributed by atoms with Crippen LogP contribution in [0.4, 0.5) is 0 Å². The molecule has 1 aliphatic rings. The average Bonchev–Trinajstić information content (AvgIpc) is 3.57. The lowest BCUT2D eigenvalue weighted by atomic mass is 9.98. The molecule has 1 fully saturated rings. The maximum Gasteiger partial charge on any atom is 0.247 e. The zero-order chi connectivity index (χ0) is 23.6. The first-order chi connectivity index (χ1) is 15.8. The van der Waals surface area contributed by atoms with Gasteiger partial charge in [0, 0.05) is 11.6 Å². The number of aromatic nitrogens is 3. The highest BCUT2D eigenvalue weighted by molar-refractivity contribution is 5.90. The van der Waals surface area contributed by atoms with E-state index in [-0.39, 0.29) is 24.4 Å². The number of para-hydroxylation sites is 1. The zero-order valence-electron chi connectivity index (χ0n) is 19.6. The van der Waals surface area contributed by atoms with Gasteiger partial charge in [-0.2, -0.15) is 0 Å². The van der Waals surface area contributed by atoms with Crippen LogP contribution in [0.5, 0.6) is 5.75 Å². The van der Waals surface area contributed by atoms with Gasteiger partial charge in [-0.25, -0.2) is 4.68 Å². The second kappa shape index (κ2) is 9.21. The Morgan fingerprint density at radius 2 is 1.97 bits per heavy atom. The van der Waals surface area contributed by atoms with Gasteiger partial charge in [-0.05, 0) is 62.9 Å². The van der Waals surface area contributed by atoms with Gasteiger partial charge in [-0.15, -0.1) is 5.10 Å². The molecule has 1 aromatic heterocycles. The summed E-state index contributed by atoms with van der Waals surface area (Å²) >= 11 is 0. The molecule has 1 heterocycles. The van der Waals surface area contributed by atoms with Gasteiger partial charge >= 0.3 is 0 Å². The monoisotopic (exact) mass is 449 g/mol. The molecule has 1 atom stereocenters. The number of methoxy groups -OCH3 is 1. The third-order valence-electron chi connectivity index (χ3n) is 6.22. The van der Waals surface area contributed by atoms with Crippen LogP contribution in [0, 0.1) is 0 Å². The average molecular weight is 450 g/mol. The molecule has 1 N–H and O–H groups in total. The SMILES string of the molecule is CCC(C)(C)NC(=O)[C@H](c1cccc(OC)c1)N(C(=O)Cn1nnc2ccccc21)C1CC1. The predicted octanol–water partition coefficient (Wildman–Crippen LogP) is 3.48. The Bertz CT molecular complexity index is 1150. The lowest BCUT2D eigenvalue weighted by Crippen LogP contribution is -2.51. The minimum Gasteiger partial charge on any atom is -0.497 e. The van der Waals surface area contributed by atoms with E-state index in [1.807, 2.05) is 69.3 Å². The van der Waals surface area contributed by atoms with Crippen LogP contribution in [-0.2, 0) is 16.1 Å². The summed E-state index contributed by atoms with van der Waals surface area (Å²) in [5, 5.41) is 11.5. The number of benzene rings is 2. The Kier molecular flexibility index (Phi) is 6.35. The summed E-state index contributed by atoms with van der Waals surface area (Å²) in [6.07, 6.45) is 2.51. The summed E-state index contributed by atoms with van der Waals surface area (Å²) in [6.45, 7) is 6.01. The van der Waals surface area contributed by atoms with Crippen LogP contribution in [0.25, 0.3) is 11.0 Å². The predicted molar refractivity (Wildman–Crippen MR) is 126 cm³/mol. The number of carbonyl (C=O) groups excluding carboxylic acids is 2. The van der Waals surface area contributed by atoms with Crippen molar-refractivity contribution in [2.45, 2.75) is 64.2 Å². The van der Waals surface area contributed by atoms with Crippen LogP contribution >= 0.6 is 0 Å². The fourth-order valence-corrected chi connectivity index (χ4v) is 3.90. The number of amides is 2. The van der Waals surface area contributed by atoms with Gasteiger partial charge in [0.15, 0.2) is 0 Å². The van der Waals surface area contributed by atoms with Crippen LogP contribution in [0.3, 0.4) is 0 Å². The lowest BCUT2D eigenvalue weighted by Gasteiger charge is -2.35. The molecule has 174 valence electrons. The van der Waals surface area contributed by atoms with E-state index in [1.54, 1.807) is 16.7 Å². The molecule has 1 aliphatic carbocycles. The molecule has 0 bridgehead atoms. The molecule has 0 unspecified atom stereocenters. The standard InChI is InChI=1S/C25H31N5O3/c1-5-25(2,3)26-24(32)23(17-9-8-10-19(15-17)33-4)30(18-13-14-18)22(31)16-29-21-12-7-6-11-20(21)27-28-29/h6-12,15,18,23H,5,13-14,16H2,1-4H3,(H,26,32)/t23-/m0/s1. The number of ether oxygens (including phenoxy) is 1. The molecule has 0 spiro atoms. The van der Waals surface area contributed by atoms with Crippen LogP contribution in [-0.4, -0.2) is 50.4 Å².